The lowest BCUT2D eigenvalue weighted by atomic mass is 10.2. The van der Waals surface area contributed by atoms with Gasteiger partial charge in [-0.25, -0.2) is 4.98 Å². The molecule has 0 aromatic carbocycles. The molecule has 0 bridgehead atoms. The Bertz CT molecular complexity index is 286. The SMILES string of the molecule is Cc1cnc(NCS)c(C=N)c1. The third kappa shape index (κ3) is 1.98. The van der Waals surface area contributed by atoms with Gasteiger partial charge >= 0.3 is 0 Å². The van der Waals surface area contributed by atoms with Crippen LogP contribution in [-0.2, 0) is 0 Å². The maximum absolute atomic E-state index is 7.13. The molecule has 1 aromatic rings. The van der Waals surface area contributed by atoms with Crippen LogP contribution >= 0.6 is 12.6 Å². The predicted molar refractivity (Wildman–Crippen MR) is 54.3 cm³/mol. The van der Waals surface area contributed by atoms with E-state index in [0.29, 0.717) is 11.7 Å². The third-order valence-corrected chi connectivity index (χ3v) is 1.61. The minimum atomic E-state index is 0.525. The van der Waals surface area contributed by atoms with Crippen LogP contribution in [-0.4, -0.2) is 17.1 Å². The Balaban J connectivity index is 3.02. The molecule has 0 spiro atoms. The van der Waals surface area contributed by atoms with Crippen LogP contribution in [0.2, 0.25) is 0 Å². The summed E-state index contributed by atoms with van der Waals surface area (Å²) in [6.45, 7) is 1.95. The van der Waals surface area contributed by atoms with E-state index in [1.54, 1.807) is 6.20 Å². The largest absolute Gasteiger partial charge is 0.361 e. The van der Waals surface area contributed by atoms with Gasteiger partial charge in [-0.2, -0.15) is 12.6 Å². The standard InChI is InChI=1S/C8H11N3S/c1-6-2-7(3-9)8(10-4-6)11-5-12/h2-4,9,12H,5H2,1H3,(H,10,11). The maximum Gasteiger partial charge on any atom is 0.135 e. The Kier molecular flexibility index (Phi) is 3.10. The van der Waals surface area contributed by atoms with Crippen molar-refractivity contribution < 1.29 is 0 Å². The summed E-state index contributed by atoms with van der Waals surface area (Å²) in [5.41, 5.74) is 1.85. The second kappa shape index (κ2) is 4.11. The molecule has 12 heavy (non-hydrogen) atoms. The summed E-state index contributed by atoms with van der Waals surface area (Å²) in [5, 5.41) is 10.1. The van der Waals surface area contributed by atoms with E-state index in [2.05, 4.69) is 22.9 Å². The topological polar surface area (TPSA) is 48.8 Å². The molecule has 4 heteroatoms. The molecule has 0 aliphatic carbocycles. The highest BCUT2D eigenvalue weighted by molar-refractivity contribution is 7.80. The van der Waals surface area contributed by atoms with Gasteiger partial charge in [0.1, 0.15) is 5.82 Å². The van der Waals surface area contributed by atoms with Gasteiger partial charge in [0, 0.05) is 18.0 Å². The van der Waals surface area contributed by atoms with E-state index >= 15 is 0 Å². The number of pyridine rings is 1. The summed E-state index contributed by atoms with van der Waals surface area (Å²) in [7, 11) is 0. The van der Waals surface area contributed by atoms with Gasteiger partial charge in [0.05, 0.1) is 5.88 Å². The van der Waals surface area contributed by atoms with Crippen molar-refractivity contribution in [3.05, 3.63) is 23.4 Å². The zero-order chi connectivity index (χ0) is 8.97. The fourth-order valence-corrected chi connectivity index (χ4v) is 1.07. The molecular formula is C8H11N3S. The van der Waals surface area contributed by atoms with E-state index in [1.807, 2.05) is 13.0 Å². The van der Waals surface area contributed by atoms with Crippen LogP contribution < -0.4 is 5.32 Å². The molecule has 0 fully saturated rings. The van der Waals surface area contributed by atoms with E-state index in [1.165, 1.54) is 6.21 Å². The van der Waals surface area contributed by atoms with Gasteiger partial charge in [-0.1, -0.05) is 0 Å². The normalized spacial score (nSPS) is 9.50. The van der Waals surface area contributed by atoms with Crippen molar-refractivity contribution in [3.63, 3.8) is 0 Å². The molecule has 0 saturated heterocycles. The summed E-state index contributed by atoms with van der Waals surface area (Å²) in [6.07, 6.45) is 3.05. The van der Waals surface area contributed by atoms with E-state index in [-0.39, 0.29) is 0 Å². The number of nitrogens with zero attached hydrogens (tertiary/aromatic N) is 1. The Labute approximate surface area is 77.1 Å². The molecule has 0 saturated carbocycles. The molecule has 0 aliphatic heterocycles. The molecule has 2 N–H and O–H groups in total. The van der Waals surface area contributed by atoms with Crippen LogP contribution in [0.3, 0.4) is 0 Å². The van der Waals surface area contributed by atoms with Crippen LogP contribution in [0.1, 0.15) is 11.1 Å². The number of thiol groups is 1. The number of aromatic nitrogens is 1. The van der Waals surface area contributed by atoms with Gasteiger partial charge in [0.2, 0.25) is 0 Å². The van der Waals surface area contributed by atoms with E-state index in [9.17, 15) is 0 Å². The average Bonchev–Trinajstić information content (AvgIpc) is 2.08. The van der Waals surface area contributed by atoms with Gasteiger partial charge in [0.15, 0.2) is 0 Å². The highest BCUT2D eigenvalue weighted by Crippen LogP contribution is 2.10. The van der Waals surface area contributed by atoms with Crippen LogP contribution in [0, 0.1) is 12.3 Å². The Morgan fingerprint density at radius 1 is 1.75 bits per heavy atom. The lowest BCUT2D eigenvalue weighted by Crippen LogP contribution is -2.01. The van der Waals surface area contributed by atoms with Gasteiger partial charge in [0.25, 0.3) is 0 Å². The van der Waals surface area contributed by atoms with Gasteiger partial charge < -0.3 is 10.7 Å². The van der Waals surface area contributed by atoms with Gasteiger partial charge in [-0.15, -0.1) is 0 Å². The summed E-state index contributed by atoms with van der Waals surface area (Å²) in [5.74, 6) is 1.24. The number of rotatable bonds is 3. The molecule has 64 valence electrons. The first-order valence-corrected chi connectivity index (χ1v) is 4.23. The third-order valence-electron chi connectivity index (χ3n) is 1.46. The molecule has 1 aromatic heterocycles. The van der Waals surface area contributed by atoms with E-state index < -0.39 is 0 Å². The van der Waals surface area contributed by atoms with Crippen molar-refractivity contribution in [1.82, 2.24) is 4.98 Å². The first-order chi connectivity index (χ1) is 5.77. The molecule has 0 radical (unpaired) electrons. The minimum absolute atomic E-state index is 0.525. The monoisotopic (exact) mass is 181 g/mol. The van der Waals surface area contributed by atoms with Crippen molar-refractivity contribution in [2.24, 2.45) is 0 Å². The highest BCUT2D eigenvalue weighted by atomic mass is 32.1. The molecular weight excluding hydrogens is 170 g/mol. The molecule has 1 heterocycles. The highest BCUT2D eigenvalue weighted by Gasteiger charge is 1.99. The number of hydrogen-bond acceptors (Lipinski definition) is 4. The zero-order valence-corrected chi connectivity index (χ0v) is 7.73. The molecule has 0 amide bonds. The Hall–Kier alpha value is -1.03. The molecule has 0 atom stereocenters. The lowest BCUT2D eigenvalue weighted by Gasteiger charge is -2.05. The van der Waals surface area contributed by atoms with Crippen molar-refractivity contribution in [3.8, 4) is 0 Å². The number of anilines is 1. The van der Waals surface area contributed by atoms with Gasteiger partial charge in [-0.3, -0.25) is 0 Å². The average molecular weight is 181 g/mol. The molecule has 0 aliphatic rings. The van der Waals surface area contributed by atoms with Crippen molar-refractivity contribution >= 4 is 24.7 Å². The van der Waals surface area contributed by atoms with Crippen LogP contribution in [0.25, 0.3) is 0 Å². The molecule has 1 rings (SSSR count). The predicted octanol–water partition coefficient (Wildman–Crippen LogP) is 1.69. The molecule has 0 unspecified atom stereocenters. The lowest BCUT2D eigenvalue weighted by molar-refractivity contribution is 1.23. The summed E-state index contributed by atoms with van der Waals surface area (Å²) < 4.78 is 0. The Morgan fingerprint density at radius 2 is 2.50 bits per heavy atom. The van der Waals surface area contributed by atoms with Crippen molar-refractivity contribution in [1.29, 1.82) is 5.41 Å². The first-order valence-electron chi connectivity index (χ1n) is 3.59. The summed E-state index contributed by atoms with van der Waals surface area (Å²) in [6, 6.07) is 1.91. The second-order valence-corrected chi connectivity index (χ2v) is 2.75. The minimum Gasteiger partial charge on any atom is -0.361 e. The van der Waals surface area contributed by atoms with Crippen LogP contribution in [0.15, 0.2) is 12.3 Å². The van der Waals surface area contributed by atoms with E-state index in [0.717, 1.165) is 11.1 Å². The van der Waals surface area contributed by atoms with Crippen molar-refractivity contribution in [2.75, 3.05) is 11.2 Å². The summed E-state index contributed by atoms with van der Waals surface area (Å²) >= 11 is 4.02. The quantitative estimate of drug-likeness (QED) is 0.377. The Morgan fingerprint density at radius 3 is 3.08 bits per heavy atom. The smallest absolute Gasteiger partial charge is 0.135 e. The molecule has 3 nitrogen and oxygen atoms in total. The van der Waals surface area contributed by atoms with Crippen molar-refractivity contribution in [2.45, 2.75) is 6.92 Å². The number of aryl methyl sites for hydroxylation is 1. The fraction of sp³-hybridized carbons (Fsp3) is 0.250. The van der Waals surface area contributed by atoms with Gasteiger partial charge in [-0.05, 0) is 18.6 Å². The summed E-state index contributed by atoms with van der Waals surface area (Å²) in [4.78, 5) is 4.13. The zero-order valence-electron chi connectivity index (χ0n) is 6.83. The first kappa shape index (κ1) is 9.06. The van der Waals surface area contributed by atoms with Crippen LogP contribution in [0.4, 0.5) is 5.82 Å². The maximum atomic E-state index is 7.13. The van der Waals surface area contributed by atoms with Crippen LogP contribution in [0.5, 0.6) is 0 Å². The number of nitrogens with one attached hydrogen (secondary N) is 2. The van der Waals surface area contributed by atoms with E-state index in [4.69, 9.17) is 5.41 Å². The second-order valence-electron chi connectivity index (χ2n) is 2.43. The fourth-order valence-electron chi connectivity index (χ4n) is 0.924. The number of hydrogen-bond donors (Lipinski definition) is 3.